The summed E-state index contributed by atoms with van der Waals surface area (Å²) in [7, 11) is 1.38. The number of nitrogens with zero attached hydrogens (tertiary/aromatic N) is 2. The van der Waals surface area contributed by atoms with Crippen LogP contribution in [0.2, 0.25) is 0 Å². The summed E-state index contributed by atoms with van der Waals surface area (Å²) in [5.41, 5.74) is -4.19. The van der Waals surface area contributed by atoms with E-state index in [0.29, 0.717) is 23.4 Å². The SMILES string of the molecule is COCCCN(Cc1cccn1Cc1cccc(C(F)(F)F)c1)C(=O)c1cc(C(F)(F)F)cc(C(F)(F)F)c1. The summed E-state index contributed by atoms with van der Waals surface area (Å²) in [4.78, 5) is 14.3. The molecule has 2 aromatic carbocycles. The van der Waals surface area contributed by atoms with Gasteiger partial charge in [-0.15, -0.1) is 0 Å². The average Bonchev–Trinajstić information content (AvgIpc) is 3.27. The van der Waals surface area contributed by atoms with E-state index in [1.165, 1.54) is 19.2 Å². The Morgan fingerprint density at radius 3 is 2.00 bits per heavy atom. The summed E-state index contributed by atoms with van der Waals surface area (Å²) in [5, 5.41) is 0. The van der Waals surface area contributed by atoms with Crippen molar-refractivity contribution in [1.29, 1.82) is 0 Å². The minimum atomic E-state index is -5.13. The van der Waals surface area contributed by atoms with Crippen molar-refractivity contribution >= 4 is 5.91 Å². The molecule has 39 heavy (non-hydrogen) atoms. The lowest BCUT2D eigenvalue weighted by molar-refractivity contribution is -0.143. The Labute approximate surface area is 217 Å². The van der Waals surface area contributed by atoms with Gasteiger partial charge in [-0.25, -0.2) is 0 Å². The first-order valence-corrected chi connectivity index (χ1v) is 11.5. The first-order chi connectivity index (χ1) is 18.1. The Morgan fingerprint density at radius 1 is 0.821 bits per heavy atom. The van der Waals surface area contributed by atoms with Gasteiger partial charge in [0, 0.05) is 44.3 Å². The molecule has 0 aliphatic rings. The van der Waals surface area contributed by atoms with E-state index in [4.69, 9.17) is 4.74 Å². The molecule has 3 aromatic rings. The quantitative estimate of drug-likeness (QED) is 0.202. The third-order valence-corrected chi connectivity index (χ3v) is 5.78. The number of aromatic nitrogens is 1. The van der Waals surface area contributed by atoms with Crippen molar-refractivity contribution in [3.05, 3.63) is 94.3 Å². The number of rotatable bonds is 9. The van der Waals surface area contributed by atoms with Crippen LogP contribution < -0.4 is 0 Å². The lowest BCUT2D eigenvalue weighted by Crippen LogP contribution is -2.33. The van der Waals surface area contributed by atoms with Crippen molar-refractivity contribution in [2.45, 2.75) is 38.0 Å². The maximum absolute atomic E-state index is 13.3. The molecule has 0 radical (unpaired) electrons. The zero-order valence-corrected chi connectivity index (χ0v) is 20.4. The molecule has 0 atom stereocenters. The monoisotopic (exact) mass is 566 g/mol. The van der Waals surface area contributed by atoms with Crippen molar-refractivity contribution in [3.8, 4) is 0 Å². The summed E-state index contributed by atoms with van der Waals surface area (Å²) >= 11 is 0. The number of ether oxygens (including phenoxy) is 1. The smallest absolute Gasteiger partial charge is 0.385 e. The molecule has 3 rings (SSSR count). The van der Waals surface area contributed by atoms with Crippen LogP contribution in [-0.4, -0.2) is 35.6 Å². The first kappa shape index (κ1) is 30.1. The third kappa shape index (κ3) is 8.01. The van der Waals surface area contributed by atoms with Gasteiger partial charge >= 0.3 is 18.5 Å². The highest BCUT2D eigenvalue weighted by Gasteiger charge is 2.38. The number of amides is 1. The lowest BCUT2D eigenvalue weighted by atomic mass is 10.0. The van der Waals surface area contributed by atoms with Crippen LogP contribution in [-0.2, 0) is 36.4 Å². The number of alkyl halides is 9. The van der Waals surface area contributed by atoms with Gasteiger partial charge in [-0.1, -0.05) is 12.1 Å². The van der Waals surface area contributed by atoms with E-state index in [1.54, 1.807) is 22.9 Å². The van der Waals surface area contributed by atoms with E-state index in [9.17, 15) is 44.3 Å². The Hall–Kier alpha value is -3.48. The molecule has 0 bridgehead atoms. The summed E-state index contributed by atoms with van der Waals surface area (Å²) in [6.07, 6.45) is -13.0. The maximum atomic E-state index is 13.3. The van der Waals surface area contributed by atoms with Crippen molar-refractivity contribution in [3.63, 3.8) is 0 Å². The third-order valence-electron chi connectivity index (χ3n) is 5.78. The van der Waals surface area contributed by atoms with Gasteiger partial charge in [-0.2, -0.15) is 39.5 Å². The molecular weight excluding hydrogens is 543 g/mol. The van der Waals surface area contributed by atoms with Crippen LogP contribution in [0.4, 0.5) is 39.5 Å². The highest BCUT2D eigenvalue weighted by molar-refractivity contribution is 5.94. The average molecular weight is 566 g/mol. The van der Waals surface area contributed by atoms with E-state index >= 15 is 0 Å². The van der Waals surface area contributed by atoms with Crippen molar-refractivity contribution < 1.29 is 49.0 Å². The highest BCUT2D eigenvalue weighted by atomic mass is 19.4. The number of carbonyl (C=O) groups excluding carboxylic acids is 1. The van der Waals surface area contributed by atoms with E-state index in [1.807, 2.05) is 0 Å². The van der Waals surface area contributed by atoms with Gasteiger partial charge in [0.2, 0.25) is 0 Å². The second kappa shape index (κ2) is 11.7. The molecule has 0 fully saturated rings. The predicted molar refractivity (Wildman–Crippen MR) is 123 cm³/mol. The fraction of sp³-hybridized carbons (Fsp3) is 0.346. The topological polar surface area (TPSA) is 34.5 Å². The minimum absolute atomic E-state index is 0.0197. The van der Waals surface area contributed by atoms with Crippen LogP contribution in [0.1, 0.15) is 44.7 Å². The summed E-state index contributed by atoms with van der Waals surface area (Å²) in [6, 6.07) is 8.38. The Balaban J connectivity index is 1.94. The molecule has 4 nitrogen and oxygen atoms in total. The number of hydrogen-bond donors (Lipinski definition) is 0. The molecule has 0 unspecified atom stereocenters. The van der Waals surface area contributed by atoms with Gasteiger partial charge in [0.15, 0.2) is 0 Å². The second-order valence-electron chi connectivity index (χ2n) is 8.69. The Kier molecular flexibility index (Phi) is 9.04. The zero-order chi connectivity index (χ0) is 29.0. The predicted octanol–water partition coefficient (Wildman–Crippen LogP) is 7.27. The van der Waals surface area contributed by atoms with Crippen LogP contribution in [0, 0.1) is 0 Å². The summed E-state index contributed by atoms with van der Waals surface area (Å²) in [5.74, 6) is -1.07. The van der Waals surface area contributed by atoms with Crippen LogP contribution in [0.15, 0.2) is 60.8 Å². The Morgan fingerprint density at radius 2 is 1.44 bits per heavy atom. The molecule has 0 aliphatic heterocycles. The van der Waals surface area contributed by atoms with E-state index < -0.39 is 46.7 Å². The van der Waals surface area contributed by atoms with Crippen molar-refractivity contribution in [1.82, 2.24) is 9.47 Å². The maximum Gasteiger partial charge on any atom is 0.416 e. The molecule has 0 saturated heterocycles. The molecule has 1 amide bonds. The second-order valence-corrected chi connectivity index (χ2v) is 8.69. The van der Waals surface area contributed by atoms with Crippen LogP contribution in [0.25, 0.3) is 0 Å². The number of hydrogen-bond acceptors (Lipinski definition) is 2. The number of methoxy groups -OCH3 is 1. The summed E-state index contributed by atoms with van der Waals surface area (Å²) < 4.78 is 126. The molecule has 0 aliphatic carbocycles. The van der Waals surface area contributed by atoms with Gasteiger partial charge in [-0.3, -0.25) is 4.79 Å². The van der Waals surface area contributed by atoms with Crippen LogP contribution >= 0.6 is 0 Å². The molecule has 1 heterocycles. The fourth-order valence-corrected chi connectivity index (χ4v) is 3.90. The standard InChI is InChI=1S/C26H23F9N2O2/c1-39-10-4-9-37(23(38)18-12-20(25(30,31)32)14-21(13-18)26(33,34)35)16-22-7-3-8-36(22)15-17-5-2-6-19(11-17)24(27,28)29/h2-3,5-8,11-14H,4,9-10,15-16H2,1H3. The Bertz CT molecular complexity index is 1250. The first-order valence-electron chi connectivity index (χ1n) is 11.5. The van der Waals surface area contributed by atoms with E-state index in [-0.39, 0.29) is 38.7 Å². The molecule has 0 N–H and O–H groups in total. The number of halogens is 9. The van der Waals surface area contributed by atoms with Gasteiger partial charge in [0.1, 0.15) is 0 Å². The van der Waals surface area contributed by atoms with Gasteiger partial charge < -0.3 is 14.2 Å². The van der Waals surface area contributed by atoms with Crippen molar-refractivity contribution in [2.24, 2.45) is 0 Å². The normalized spacial score (nSPS) is 12.6. The van der Waals surface area contributed by atoms with Gasteiger partial charge in [-0.05, 0) is 54.4 Å². The minimum Gasteiger partial charge on any atom is -0.385 e. The van der Waals surface area contributed by atoms with Crippen LogP contribution in [0.5, 0.6) is 0 Å². The van der Waals surface area contributed by atoms with Crippen LogP contribution in [0.3, 0.4) is 0 Å². The lowest BCUT2D eigenvalue weighted by Gasteiger charge is -2.25. The largest absolute Gasteiger partial charge is 0.416 e. The fourth-order valence-electron chi connectivity index (χ4n) is 3.90. The molecular formula is C26H23F9N2O2. The molecule has 0 spiro atoms. The molecule has 13 heteroatoms. The number of benzene rings is 2. The molecule has 1 aromatic heterocycles. The zero-order valence-electron chi connectivity index (χ0n) is 20.4. The highest BCUT2D eigenvalue weighted by Crippen LogP contribution is 2.37. The van der Waals surface area contributed by atoms with Gasteiger partial charge in [0.05, 0.1) is 23.2 Å². The van der Waals surface area contributed by atoms with Gasteiger partial charge in [0.25, 0.3) is 5.91 Å². The molecule has 0 saturated carbocycles. The summed E-state index contributed by atoms with van der Waals surface area (Å²) in [6.45, 7) is -0.162. The van der Waals surface area contributed by atoms with Crippen molar-refractivity contribution in [2.75, 3.05) is 20.3 Å². The molecule has 212 valence electrons. The van der Waals surface area contributed by atoms with E-state index in [2.05, 4.69) is 0 Å². The van der Waals surface area contributed by atoms with E-state index in [0.717, 1.165) is 17.0 Å². The number of carbonyl (C=O) groups is 1.